The summed E-state index contributed by atoms with van der Waals surface area (Å²) in [7, 11) is 0. The number of benzene rings is 1. The highest BCUT2D eigenvalue weighted by atomic mass is 16.2. The Balaban J connectivity index is 1.79. The number of nitrogens with zero attached hydrogens (tertiary/aromatic N) is 1. The van der Waals surface area contributed by atoms with Crippen LogP contribution in [0.25, 0.3) is 0 Å². The van der Waals surface area contributed by atoms with Crippen LogP contribution in [0.4, 0.5) is 4.79 Å². The standard InChI is InChI=1S/C14H18N2O/c17-14-15-13(11-6-2-1-3-7-11)10-12-8-4-5-9-16(12)14/h1-3,6-7,12-13H,4-5,8-10H2,(H,15,17)/t12-,13-/m0/s1. The minimum atomic E-state index is 0.120. The molecule has 2 aliphatic rings. The molecule has 0 bridgehead atoms. The number of rotatable bonds is 1. The molecule has 1 aromatic carbocycles. The molecule has 17 heavy (non-hydrogen) atoms. The molecule has 2 heterocycles. The van der Waals surface area contributed by atoms with Crippen LogP contribution in [-0.4, -0.2) is 23.5 Å². The van der Waals surface area contributed by atoms with Crippen LogP contribution in [0.3, 0.4) is 0 Å². The Labute approximate surface area is 102 Å². The van der Waals surface area contributed by atoms with E-state index in [1.165, 1.54) is 12.0 Å². The van der Waals surface area contributed by atoms with Crippen LogP contribution in [0.1, 0.15) is 37.3 Å². The Bertz CT molecular complexity index is 404. The summed E-state index contributed by atoms with van der Waals surface area (Å²) in [6, 6.07) is 11.1. The normalized spacial score (nSPS) is 28.5. The number of piperidine rings is 1. The van der Waals surface area contributed by atoms with E-state index in [2.05, 4.69) is 17.4 Å². The Morgan fingerprint density at radius 2 is 2.00 bits per heavy atom. The van der Waals surface area contributed by atoms with Crippen molar-refractivity contribution in [3.63, 3.8) is 0 Å². The maximum absolute atomic E-state index is 12.0. The second-order valence-corrected chi connectivity index (χ2v) is 4.99. The molecule has 3 nitrogen and oxygen atoms in total. The van der Waals surface area contributed by atoms with E-state index in [0.29, 0.717) is 6.04 Å². The summed E-state index contributed by atoms with van der Waals surface area (Å²) in [6.07, 6.45) is 4.63. The Kier molecular flexibility index (Phi) is 2.75. The van der Waals surface area contributed by atoms with Crippen molar-refractivity contribution in [1.82, 2.24) is 10.2 Å². The molecule has 3 rings (SSSR count). The fourth-order valence-electron chi connectivity index (χ4n) is 2.98. The molecule has 0 aliphatic carbocycles. The minimum Gasteiger partial charge on any atom is -0.331 e. The topological polar surface area (TPSA) is 32.3 Å². The molecule has 0 radical (unpaired) electrons. The molecule has 0 aromatic heterocycles. The number of fused-ring (bicyclic) bond motifs is 1. The van der Waals surface area contributed by atoms with Gasteiger partial charge < -0.3 is 10.2 Å². The van der Waals surface area contributed by atoms with Crippen molar-refractivity contribution < 1.29 is 4.79 Å². The van der Waals surface area contributed by atoms with Crippen LogP contribution in [0.2, 0.25) is 0 Å². The molecule has 0 unspecified atom stereocenters. The van der Waals surface area contributed by atoms with Crippen LogP contribution in [0, 0.1) is 0 Å². The summed E-state index contributed by atoms with van der Waals surface area (Å²) in [6.45, 7) is 0.929. The summed E-state index contributed by atoms with van der Waals surface area (Å²) in [4.78, 5) is 14.0. The Morgan fingerprint density at radius 3 is 2.82 bits per heavy atom. The zero-order valence-corrected chi connectivity index (χ0v) is 9.93. The molecule has 2 amide bonds. The van der Waals surface area contributed by atoms with Gasteiger partial charge in [0.25, 0.3) is 0 Å². The fourth-order valence-corrected chi connectivity index (χ4v) is 2.98. The molecule has 3 heteroatoms. The Hall–Kier alpha value is -1.51. The monoisotopic (exact) mass is 230 g/mol. The zero-order valence-electron chi connectivity index (χ0n) is 9.93. The van der Waals surface area contributed by atoms with Crippen LogP contribution in [-0.2, 0) is 0 Å². The maximum Gasteiger partial charge on any atom is 0.318 e. The molecule has 1 aromatic rings. The van der Waals surface area contributed by atoms with Crippen molar-refractivity contribution in [2.24, 2.45) is 0 Å². The molecule has 2 atom stereocenters. The zero-order chi connectivity index (χ0) is 11.7. The average molecular weight is 230 g/mol. The molecule has 2 aliphatic heterocycles. The van der Waals surface area contributed by atoms with Crippen LogP contribution in [0.5, 0.6) is 0 Å². The van der Waals surface area contributed by atoms with Crippen molar-refractivity contribution in [3.8, 4) is 0 Å². The van der Waals surface area contributed by atoms with Gasteiger partial charge >= 0.3 is 6.03 Å². The van der Waals surface area contributed by atoms with E-state index in [-0.39, 0.29) is 12.1 Å². The van der Waals surface area contributed by atoms with Crippen molar-refractivity contribution >= 4 is 6.03 Å². The number of carbonyl (C=O) groups is 1. The molecule has 2 saturated heterocycles. The smallest absolute Gasteiger partial charge is 0.318 e. The van der Waals surface area contributed by atoms with E-state index < -0.39 is 0 Å². The molecular weight excluding hydrogens is 212 g/mol. The van der Waals surface area contributed by atoms with Gasteiger partial charge in [-0.05, 0) is 31.2 Å². The summed E-state index contributed by atoms with van der Waals surface area (Å²) < 4.78 is 0. The number of urea groups is 1. The third-order valence-electron chi connectivity index (χ3n) is 3.90. The third-order valence-corrected chi connectivity index (χ3v) is 3.90. The van der Waals surface area contributed by atoms with Gasteiger partial charge in [0.15, 0.2) is 0 Å². The quantitative estimate of drug-likeness (QED) is 0.790. The van der Waals surface area contributed by atoms with Crippen molar-refractivity contribution in [3.05, 3.63) is 35.9 Å². The summed E-state index contributed by atoms with van der Waals surface area (Å²) in [5.74, 6) is 0. The van der Waals surface area contributed by atoms with E-state index in [4.69, 9.17) is 0 Å². The van der Waals surface area contributed by atoms with Gasteiger partial charge in [-0.1, -0.05) is 30.3 Å². The average Bonchev–Trinajstić information content (AvgIpc) is 2.40. The van der Waals surface area contributed by atoms with Crippen LogP contribution < -0.4 is 5.32 Å². The van der Waals surface area contributed by atoms with Gasteiger partial charge in [0.05, 0.1) is 6.04 Å². The predicted molar refractivity (Wildman–Crippen MR) is 66.7 cm³/mol. The van der Waals surface area contributed by atoms with Gasteiger partial charge in [0.2, 0.25) is 0 Å². The molecule has 0 saturated carbocycles. The first-order valence-electron chi connectivity index (χ1n) is 6.46. The van der Waals surface area contributed by atoms with Crippen molar-refractivity contribution in [2.75, 3.05) is 6.54 Å². The van der Waals surface area contributed by atoms with E-state index >= 15 is 0 Å². The van der Waals surface area contributed by atoms with Crippen LogP contribution in [0.15, 0.2) is 30.3 Å². The lowest BCUT2D eigenvalue weighted by Crippen LogP contribution is -2.55. The highest BCUT2D eigenvalue weighted by Crippen LogP contribution is 2.30. The molecule has 2 fully saturated rings. The highest BCUT2D eigenvalue weighted by Gasteiger charge is 2.34. The molecule has 1 N–H and O–H groups in total. The lowest BCUT2D eigenvalue weighted by Gasteiger charge is -2.42. The van der Waals surface area contributed by atoms with Gasteiger partial charge in [-0.15, -0.1) is 0 Å². The predicted octanol–water partition coefficient (Wildman–Crippen LogP) is 2.70. The highest BCUT2D eigenvalue weighted by molar-refractivity contribution is 5.76. The lowest BCUT2D eigenvalue weighted by atomic mass is 9.91. The molecule has 90 valence electrons. The SMILES string of the molecule is O=C1N[C@H](c2ccccc2)C[C@@H]2CCCCN12. The van der Waals surface area contributed by atoms with Gasteiger partial charge in [0, 0.05) is 12.6 Å². The van der Waals surface area contributed by atoms with Crippen molar-refractivity contribution in [1.29, 1.82) is 0 Å². The van der Waals surface area contributed by atoms with E-state index in [1.54, 1.807) is 0 Å². The number of amides is 2. The minimum absolute atomic E-state index is 0.120. The number of carbonyl (C=O) groups excluding carboxylic acids is 1. The summed E-state index contributed by atoms with van der Waals surface area (Å²) >= 11 is 0. The van der Waals surface area contributed by atoms with E-state index in [0.717, 1.165) is 25.8 Å². The van der Waals surface area contributed by atoms with Crippen LogP contribution >= 0.6 is 0 Å². The lowest BCUT2D eigenvalue weighted by molar-refractivity contribution is 0.115. The summed E-state index contributed by atoms with van der Waals surface area (Å²) in [5.41, 5.74) is 1.23. The number of hydrogen-bond acceptors (Lipinski definition) is 1. The first kappa shape index (κ1) is 10.6. The van der Waals surface area contributed by atoms with E-state index in [9.17, 15) is 4.79 Å². The first-order valence-corrected chi connectivity index (χ1v) is 6.46. The number of nitrogens with one attached hydrogen (secondary N) is 1. The molecule has 0 spiro atoms. The van der Waals surface area contributed by atoms with Gasteiger partial charge in [-0.3, -0.25) is 0 Å². The third kappa shape index (κ3) is 2.02. The first-order chi connectivity index (χ1) is 8.34. The summed E-state index contributed by atoms with van der Waals surface area (Å²) in [5, 5.41) is 3.12. The second-order valence-electron chi connectivity index (χ2n) is 4.99. The fraction of sp³-hybridized carbons (Fsp3) is 0.500. The van der Waals surface area contributed by atoms with Gasteiger partial charge in [-0.25, -0.2) is 4.79 Å². The maximum atomic E-state index is 12.0. The molecular formula is C14H18N2O. The van der Waals surface area contributed by atoms with E-state index in [1.807, 2.05) is 23.1 Å². The van der Waals surface area contributed by atoms with Gasteiger partial charge in [-0.2, -0.15) is 0 Å². The van der Waals surface area contributed by atoms with Gasteiger partial charge in [0.1, 0.15) is 0 Å². The van der Waals surface area contributed by atoms with Crippen molar-refractivity contribution in [2.45, 2.75) is 37.8 Å². The largest absolute Gasteiger partial charge is 0.331 e. The Morgan fingerprint density at radius 1 is 1.18 bits per heavy atom. The second kappa shape index (κ2) is 4.40. The number of hydrogen-bond donors (Lipinski definition) is 1.